The Hall–Kier alpha value is -1.89. The Morgan fingerprint density at radius 2 is 2.20 bits per heavy atom. The van der Waals surface area contributed by atoms with Crippen LogP contribution in [0.1, 0.15) is 28.4 Å². The molecule has 0 amide bonds. The molecule has 0 aromatic carbocycles. The summed E-state index contributed by atoms with van der Waals surface area (Å²) in [4.78, 5) is 15.9. The number of aromatic nitrogens is 2. The standard InChI is InChI=1S/C13H14N2O4S/c1-19-13(16)9-2-3-12-14-11(7-15(12)6-9)10-4-5-20(17,18)8-10/h2-3,6-7,10H,4-5,8H2,1H3. The minimum absolute atomic E-state index is 0.0542. The van der Waals surface area contributed by atoms with Crippen LogP contribution in [0.15, 0.2) is 24.5 Å². The van der Waals surface area contributed by atoms with Gasteiger partial charge in [-0.2, -0.15) is 0 Å². The summed E-state index contributed by atoms with van der Waals surface area (Å²) in [6.45, 7) is 0. The zero-order chi connectivity index (χ0) is 14.3. The first-order valence-corrected chi connectivity index (χ1v) is 8.08. The van der Waals surface area contributed by atoms with Gasteiger partial charge in [0.2, 0.25) is 0 Å². The number of sulfone groups is 1. The first kappa shape index (κ1) is 13.1. The minimum atomic E-state index is -2.93. The van der Waals surface area contributed by atoms with E-state index in [1.165, 1.54) is 7.11 Å². The van der Waals surface area contributed by atoms with Gasteiger partial charge >= 0.3 is 5.97 Å². The molecule has 2 aromatic rings. The summed E-state index contributed by atoms with van der Waals surface area (Å²) in [7, 11) is -1.60. The topological polar surface area (TPSA) is 77.7 Å². The van der Waals surface area contributed by atoms with Crippen molar-refractivity contribution in [2.24, 2.45) is 0 Å². The van der Waals surface area contributed by atoms with Crippen molar-refractivity contribution >= 4 is 21.5 Å². The summed E-state index contributed by atoms with van der Waals surface area (Å²) in [5, 5.41) is 0. The molecule has 20 heavy (non-hydrogen) atoms. The summed E-state index contributed by atoms with van der Waals surface area (Å²) in [5.74, 6) is -0.0910. The van der Waals surface area contributed by atoms with E-state index in [0.29, 0.717) is 17.6 Å². The van der Waals surface area contributed by atoms with Gasteiger partial charge in [0.15, 0.2) is 9.84 Å². The average Bonchev–Trinajstić information content (AvgIpc) is 2.99. The fraction of sp³-hybridized carbons (Fsp3) is 0.385. The zero-order valence-corrected chi connectivity index (χ0v) is 11.8. The highest BCUT2D eigenvalue weighted by Crippen LogP contribution is 2.28. The fourth-order valence-corrected chi connectivity index (χ4v) is 4.24. The Bertz CT molecular complexity index is 779. The van der Waals surface area contributed by atoms with E-state index in [0.717, 1.165) is 5.69 Å². The van der Waals surface area contributed by atoms with E-state index < -0.39 is 15.8 Å². The Balaban J connectivity index is 1.97. The number of hydrogen-bond acceptors (Lipinski definition) is 5. The van der Waals surface area contributed by atoms with Crippen molar-refractivity contribution in [3.8, 4) is 0 Å². The summed E-state index contributed by atoms with van der Waals surface area (Å²) in [5.41, 5.74) is 1.88. The lowest BCUT2D eigenvalue weighted by atomic mass is 10.1. The van der Waals surface area contributed by atoms with Gasteiger partial charge in [-0.3, -0.25) is 0 Å². The summed E-state index contributed by atoms with van der Waals surface area (Å²) in [6, 6.07) is 3.36. The molecule has 1 aliphatic rings. The van der Waals surface area contributed by atoms with Crippen molar-refractivity contribution < 1.29 is 17.9 Å². The van der Waals surface area contributed by atoms with E-state index in [4.69, 9.17) is 0 Å². The van der Waals surface area contributed by atoms with Crippen LogP contribution in [0.5, 0.6) is 0 Å². The van der Waals surface area contributed by atoms with Gasteiger partial charge in [0.1, 0.15) is 5.65 Å². The van der Waals surface area contributed by atoms with Crippen LogP contribution >= 0.6 is 0 Å². The molecule has 0 radical (unpaired) electrons. The first-order valence-electron chi connectivity index (χ1n) is 6.26. The Morgan fingerprint density at radius 3 is 2.85 bits per heavy atom. The van der Waals surface area contributed by atoms with E-state index in [1.54, 1.807) is 28.9 Å². The molecule has 0 spiro atoms. The molecule has 2 aromatic heterocycles. The molecule has 3 rings (SSSR count). The monoisotopic (exact) mass is 294 g/mol. The molecule has 106 valence electrons. The smallest absolute Gasteiger partial charge is 0.339 e. The predicted molar refractivity (Wildman–Crippen MR) is 72.5 cm³/mol. The Morgan fingerprint density at radius 1 is 1.40 bits per heavy atom. The van der Waals surface area contributed by atoms with Crippen LogP contribution < -0.4 is 0 Å². The minimum Gasteiger partial charge on any atom is -0.465 e. The molecule has 1 unspecified atom stereocenters. The predicted octanol–water partition coefficient (Wildman–Crippen LogP) is 1.02. The van der Waals surface area contributed by atoms with Crippen LogP contribution in [0.3, 0.4) is 0 Å². The molecule has 7 heteroatoms. The quantitative estimate of drug-likeness (QED) is 0.773. The van der Waals surface area contributed by atoms with Gasteiger partial charge in [-0.25, -0.2) is 18.2 Å². The normalized spacial score (nSPS) is 21.1. The molecule has 3 heterocycles. The van der Waals surface area contributed by atoms with Gasteiger partial charge in [-0.05, 0) is 18.6 Å². The number of imidazole rings is 1. The summed E-state index contributed by atoms with van der Waals surface area (Å²) in [6.07, 6.45) is 4.03. The third-order valence-electron chi connectivity index (χ3n) is 3.54. The van der Waals surface area contributed by atoms with Crippen LogP contribution in [0.25, 0.3) is 5.65 Å². The van der Waals surface area contributed by atoms with Gasteiger partial charge in [0, 0.05) is 18.3 Å². The third-order valence-corrected chi connectivity index (χ3v) is 5.31. The van der Waals surface area contributed by atoms with Crippen LogP contribution in [-0.2, 0) is 14.6 Å². The van der Waals surface area contributed by atoms with Crippen LogP contribution in [0.2, 0.25) is 0 Å². The maximum atomic E-state index is 11.5. The van der Waals surface area contributed by atoms with Crippen molar-refractivity contribution in [2.75, 3.05) is 18.6 Å². The molecule has 1 aliphatic heterocycles. The van der Waals surface area contributed by atoms with Gasteiger partial charge in [0.25, 0.3) is 0 Å². The van der Waals surface area contributed by atoms with Gasteiger partial charge in [0.05, 0.1) is 29.9 Å². The number of carbonyl (C=O) groups excluding carboxylic acids is 1. The molecule has 1 fully saturated rings. The number of esters is 1. The lowest BCUT2D eigenvalue weighted by Gasteiger charge is -2.00. The maximum Gasteiger partial charge on any atom is 0.339 e. The van der Waals surface area contributed by atoms with Crippen molar-refractivity contribution in [1.29, 1.82) is 0 Å². The van der Waals surface area contributed by atoms with E-state index in [-0.39, 0.29) is 17.4 Å². The number of pyridine rings is 1. The van der Waals surface area contributed by atoms with Crippen molar-refractivity contribution in [3.63, 3.8) is 0 Å². The highest BCUT2D eigenvalue weighted by molar-refractivity contribution is 7.91. The largest absolute Gasteiger partial charge is 0.465 e. The molecule has 0 aliphatic carbocycles. The third kappa shape index (κ3) is 2.29. The maximum absolute atomic E-state index is 11.5. The number of nitrogens with zero attached hydrogens (tertiary/aromatic N) is 2. The highest BCUT2D eigenvalue weighted by atomic mass is 32.2. The van der Waals surface area contributed by atoms with E-state index in [9.17, 15) is 13.2 Å². The zero-order valence-electron chi connectivity index (χ0n) is 10.9. The van der Waals surface area contributed by atoms with E-state index in [1.807, 2.05) is 0 Å². The van der Waals surface area contributed by atoms with Gasteiger partial charge in [-0.15, -0.1) is 0 Å². The van der Waals surface area contributed by atoms with Gasteiger partial charge < -0.3 is 9.14 Å². The van der Waals surface area contributed by atoms with Gasteiger partial charge in [-0.1, -0.05) is 0 Å². The molecular formula is C13H14N2O4S. The molecule has 1 atom stereocenters. The van der Waals surface area contributed by atoms with Crippen molar-refractivity contribution in [2.45, 2.75) is 12.3 Å². The highest BCUT2D eigenvalue weighted by Gasteiger charge is 2.30. The van der Waals surface area contributed by atoms with E-state index >= 15 is 0 Å². The number of hydrogen-bond donors (Lipinski definition) is 0. The lowest BCUT2D eigenvalue weighted by Crippen LogP contribution is -2.03. The number of fused-ring (bicyclic) bond motifs is 1. The molecule has 0 N–H and O–H groups in total. The SMILES string of the molecule is COC(=O)c1ccc2nc(C3CCS(=O)(=O)C3)cn2c1. The second-order valence-electron chi connectivity index (χ2n) is 4.94. The lowest BCUT2D eigenvalue weighted by molar-refractivity contribution is 0.0600. The number of ether oxygens (including phenoxy) is 1. The van der Waals surface area contributed by atoms with Crippen molar-refractivity contribution in [1.82, 2.24) is 9.38 Å². The van der Waals surface area contributed by atoms with Crippen LogP contribution in [-0.4, -0.2) is 42.4 Å². The van der Waals surface area contributed by atoms with Crippen LogP contribution in [0, 0.1) is 0 Å². The molecule has 1 saturated heterocycles. The Kier molecular flexibility index (Phi) is 3.01. The first-order chi connectivity index (χ1) is 9.48. The summed E-state index contributed by atoms with van der Waals surface area (Å²) < 4.78 is 29.4. The molecular weight excluding hydrogens is 280 g/mol. The summed E-state index contributed by atoms with van der Waals surface area (Å²) >= 11 is 0. The number of methoxy groups -OCH3 is 1. The second kappa shape index (κ2) is 4.59. The molecule has 6 nitrogen and oxygen atoms in total. The Labute approximate surface area is 116 Å². The number of carbonyl (C=O) groups is 1. The van der Waals surface area contributed by atoms with Crippen molar-refractivity contribution in [3.05, 3.63) is 35.8 Å². The second-order valence-corrected chi connectivity index (χ2v) is 7.17. The molecule has 0 bridgehead atoms. The fourth-order valence-electron chi connectivity index (χ4n) is 2.48. The van der Waals surface area contributed by atoms with E-state index in [2.05, 4.69) is 9.72 Å². The van der Waals surface area contributed by atoms with Crippen LogP contribution in [0.4, 0.5) is 0 Å². The average molecular weight is 294 g/mol. The molecule has 0 saturated carbocycles. The number of rotatable bonds is 2.